The van der Waals surface area contributed by atoms with Crippen LogP contribution in [0.2, 0.25) is 0 Å². The van der Waals surface area contributed by atoms with Gasteiger partial charge in [-0.1, -0.05) is 84.9 Å². The second-order valence-corrected chi connectivity index (χ2v) is 7.90. The third-order valence-corrected chi connectivity index (χ3v) is 5.68. The van der Waals surface area contributed by atoms with E-state index >= 15 is 0 Å². The van der Waals surface area contributed by atoms with Gasteiger partial charge in [0, 0.05) is 10.9 Å². The average Bonchev–Trinajstić information content (AvgIpc) is 2.92. The lowest BCUT2D eigenvalue weighted by Gasteiger charge is -2.11. The van der Waals surface area contributed by atoms with E-state index in [-0.39, 0.29) is 6.61 Å². The first kappa shape index (κ1) is 21.1. The second-order valence-electron chi connectivity index (χ2n) is 7.90. The Hall–Kier alpha value is -4.75. The van der Waals surface area contributed by atoms with Gasteiger partial charge in [0.25, 0.3) is 0 Å². The summed E-state index contributed by atoms with van der Waals surface area (Å²) in [6, 6.07) is 36.8. The highest BCUT2D eigenvalue weighted by Gasteiger charge is 2.15. The number of carbonyl (C=O) groups is 1. The normalized spacial score (nSPS) is 10.6. The SMILES string of the molecule is N#Cc1ccc(COC(=O)c2cc(-c3ccc(-c4ccccc4)cc3)nc3ccccc23)cc1. The number of nitrogens with zero attached hydrogens (tertiary/aromatic N) is 2. The number of esters is 1. The van der Waals surface area contributed by atoms with Crippen molar-refractivity contribution in [3.8, 4) is 28.5 Å². The molecular weight excluding hydrogens is 420 g/mol. The summed E-state index contributed by atoms with van der Waals surface area (Å²) in [5.74, 6) is -0.412. The number of fused-ring (bicyclic) bond motifs is 1. The van der Waals surface area contributed by atoms with Gasteiger partial charge < -0.3 is 4.74 Å². The highest BCUT2D eigenvalue weighted by atomic mass is 16.5. The average molecular weight is 441 g/mol. The molecule has 4 aromatic carbocycles. The fourth-order valence-electron chi connectivity index (χ4n) is 3.86. The molecule has 0 saturated heterocycles. The predicted octanol–water partition coefficient (Wildman–Crippen LogP) is 6.80. The summed E-state index contributed by atoms with van der Waals surface area (Å²) >= 11 is 0. The van der Waals surface area contributed by atoms with Crippen molar-refractivity contribution < 1.29 is 9.53 Å². The zero-order chi connectivity index (χ0) is 23.3. The van der Waals surface area contributed by atoms with Gasteiger partial charge in [-0.3, -0.25) is 0 Å². The lowest BCUT2D eigenvalue weighted by atomic mass is 10.0. The molecule has 0 atom stereocenters. The largest absolute Gasteiger partial charge is 0.457 e. The molecule has 0 aliphatic carbocycles. The van der Waals surface area contributed by atoms with Crippen LogP contribution in [0.5, 0.6) is 0 Å². The molecule has 0 saturated carbocycles. The van der Waals surface area contributed by atoms with E-state index in [9.17, 15) is 4.79 Å². The van der Waals surface area contributed by atoms with Crippen molar-refractivity contribution in [3.63, 3.8) is 0 Å². The molecule has 1 aromatic heterocycles. The summed E-state index contributed by atoms with van der Waals surface area (Å²) in [7, 11) is 0. The van der Waals surface area contributed by atoms with Gasteiger partial charge in [0.15, 0.2) is 0 Å². The van der Waals surface area contributed by atoms with Crippen LogP contribution in [-0.2, 0) is 11.3 Å². The summed E-state index contributed by atoms with van der Waals surface area (Å²) in [4.78, 5) is 17.9. The molecule has 0 amide bonds. The maximum Gasteiger partial charge on any atom is 0.339 e. The van der Waals surface area contributed by atoms with Crippen molar-refractivity contribution in [2.24, 2.45) is 0 Å². The Bertz CT molecular complexity index is 1500. The smallest absolute Gasteiger partial charge is 0.339 e. The van der Waals surface area contributed by atoms with Crippen LogP contribution in [0, 0.1) is 11.3 Å². The molecule has 5 rings (SSSR count). The molecule has 0 unspecified atom stereocenters. The van der Waals surface area contributed by atoms with Crippen molar-refractivity contribution in [1.82, 2.24) is 4.98 Å². The minimum Gasteiger partial charge on any atom is -0.457 e. The molecule has 5 aromatic rings. The van der Waals surface area contributed by atoms with Gasteiger partial charge in [-0.2, -0.15) is 5.26 Å². The Kier molecular flexibility index (Phi) is 5.84. The fourth-order valence-corrected chi connectivity index (χ4v) is 3.86. The number of nitriles is 1. The molecule has 4 nitrogen and oxygen atoms in total. The minimum absolute atomic E-state index is 0.127. The number of pyridine rings is 1. The van der Waals surface area contributed by atoms with Gasteiger partial charge in [0.1, 0.15) is 6.61 Å². The maximum absolute atomic E-state index is 13.1. The summed E-state index contributed by atoms with van der Waals surface area (Å²) in [5.41, 5.74) is 6.49. The van der Waals surface area contributed by atoms with Crippen LogP contribution >= 0.6 is 0 Å². The number of aromatic nitrogens is 1. The lowest BCUT2D eigenvalue weighted by molar-refractivity contribution is 0.0475. The molecular formula is C30H20N2O2. The Morgan fingerprint density at radius 2 is 1.41 bits per heavy atom. The molecule has 0 N–H and O–H groups in total. The van der Waals surface area contributed by atoms with Crippen LogP contribution in [0.3, 0.4) is 0 Å². The summed E-state index contributed by atoms with van der Waals surface area (Å²) in [6.45, 7) is 0.127. The quantitative estimate of drug-likeness (QED) is 0.282. The van der Waals surface area contributed by atoms with E-state index in [1.165, 1.54) is 0 Å². The monoisotopic (exact) mass is 440 g/mol. The van der Waals surface area contributed by atoms with Crippen LogP contribution in [0.4, 0.5) is 0 Å². The number of hydrogen-bond donors (Lipinski definition) is 0. The first-order valence-electron chi connectivity index (χ1n) is 10.9. The number of rotatable bonds is 5. The van der Waals surface area contributed by atoms with Gasteiger partial charge >= 0.3 is 5.97 Å². The van der Waals surface area contributed by atoms with Gasteiger partial charge in [0.05, 0.1) is 28.4 Å². The highest BCUT2D eigenvalue weighted by Crippen LogP contribution is 2.28. The van der Waals surface area contributed by atoms with E-state index in [4.69, 9.17) is 15.0 Å². The Balaban J connectivity index is 1.45. The zero-order valence-corrected chi connectivity index (χ0v) is 18.3. The molecule has 0 radical (unpaired) electrons. The predicted molar refractivity (Wildman–Crippen MR) is 133 cm³/mol. The Morgan fingerprint density at radius 3 is 2.15 bits per heavy atom. The van der Waals surface area contributed by atoms with Gasteiger partial charge in [-0.25, -0.2) is 9.78 Å². The van der Waals surface area contributed by atoms with Crippen molar-refractivity contribution in [1.29, 1.82) is 5.26 Å². The van der Waals surface area contributed by atoms with Crippen molar-refractivity contribution in [2.75, 3.05) is 0 Å². The third-order valence-electron chi connectivity index (χ3n) is 5.68. The van der Waals surface area contributed by atoms with Crippen LogP contribution in [0.15, 0.2) is 109 Å². The molecule has 0 spiro atoms. The van der Waals surface area contributed by atoms with Crippen LogP contribution in [-0.4, -0.2) is 11.0 Å². The topological polar surface area (TPSA) is 63.0 Å². The first-order valence-corrected chi connectivity index (χ1v) is 10.9. The van der Waals surface area contributed by atoms with E-state index in [1.54, 1.807) is 30.3 Å². The highest BCUT2D eigenvalue weighted by molar-refractivity contribution is 6.04. The first-order chi connectivity index (χ1) is 16.7. The van der Waals surface area contributed by atoms with E-state index in [2.05, 4.69) is 30.3 Å². The van der Waals surface area contributed by atoms with E-state index < -0.39 is 5.97 Å². The molecule has 162 valence electrons. The number of carbonyl (C=O) groups excluding carboxylic acids is 1. The number of hydrogen-bond acceptors (Lipinski definition) is 4. The van der Waals surface area contributed by atoms with E-state index in [0.29, 0.717) is 16.8 Å². The number of benzene rings is 4. The lowest BCUT2D eigenvalue weighted by Crippen LogP contribution is -2.07. The third kappa shape index (κ3) is 4.41. The summed E-state index contributed by atoms with van der Waals surface area (Å²) in [6.07, 6.45) is 0. The molecule has 1 heterocycles. The number of para-hydroxylation sites is 1. The molecule has 34 heavy (non-hydrogen) atoms. The van der Waals surface area contributed by atoms with Crippen LogP contribution < -0.4 is 0 Å². The van der Waals surface area contributed by atoms with Crippen molar-refractivity contribution >= 4 is 16.9 Å². The van der Waals surface area contributed by atoms with Gasteiger partial charge in [-0.05, 0) is 41.0 Å². The number of ether oxygens (including phenoxy) is 1. The standard InChI is InChI=1S/C30H20N2O2/c31-19-21-10-12-22(13-11-21)20-34-30(33)27-18-29(32-28-9-5-4-8-26(27)28)25-16-14-24(15-17-25)23-6-2-1-3-7-23/h1-18H,20H2. The van der Waals surface area contributed by atoms with Gasteiger partial charge in [-0.15, -0.1) is 0 Å². The second kappa shape index (κ2) is 9.40. The zero-order valence-electron chi connectivity index (χ0n) is 18.3. The molecule has 0 aliphatic rings. The van der Waals surface area contributed by atoms with E-state index in [1.807, 2.05) is 54.6 Å². The molecule has 4 heteroatoms. The van der Waals surface area contributed by atoms with Crippen LogP contribution in [0.25, 0.3) is 33.3 Å². The van der Waals surface area contributed by atoms with E-state index in [0.717, 1.165) is 33.2 Å². The van der Waals surface area contributed by atoms with Crippen LogP contribution in [0.1, 0.15) is 21.5 Å². The maximum atomic E-state index is 13.1. The molecule has 0 bridgehead atoms. The van der Waals surface area contributed by atoms with Gasteiger partial charge in [0.2, 0.25) is 0 Å². The summed E-state index contributed by atoms with van der Waals surface area (Å²) < 4.78 is 5.61. The fraction of sp³-hybridized carbons (Fsp3) is 0.0333. The minimum atomic E-state index is -0.412. The molecule has 0 fully saturated rings. The summed E-state index contributed by atoms with van der Waals surface area (Å²) in [5, 5.41) is 9.69. The molecule has 0 aliphatic heterocycles. The van der Waals surface area contributed by atoms with Crippen molar-refractivity contribution in [2.45, 2.75) is 6.61 Å². The Labute approximate surface area is 197 Å². The van der Waals surface area contributed by atoms with Crippen molar-refractivity contribution in [3.05, 3.63) is 126 Å². The Morgan fingerprint density at radius 1 is 0.765 bits per heavy atom.